The smallest absolute Gasteiger partial charge is 0.327 e. The highest BCUT2D eigenvalue weighted by atomic mass is 32.2. The normalized spacial score (nSPS) is 18.5. The molecular formula is C15H16N4O4S. The minimum Gasteiger partial charge on any atom is -0.360 e. The van der Waals surface area contributed by atoms with Gasteiger partial charge in [0.05, 0.1) is 11.4 Å². The third-order valence-corrected chi connectivity index (χ3v) is 5.85. The van der Waals surface area contributed by atoms with Crippen molar-refractivity contribution in [3.05, 3.63) is 36.1 Å². The fraction of sp³-hybridized carbons (Fsp3) is 0.333. The van der Waals surface area contributed by atoms with Crippen LogP contribution in [0.1, 0.15) is 18.6 Å². The predicted octanol–water partition coefficient (Wildman–Crippen LogP) is 1.66. The van der Waals surface area contributed by atoms with Crippen molar-refractivity contribution in [2.24, 2.45) is 0 Å². The first-order valence-corrected chi connectivity index (χ1v) is 9.01. The molecule has 2 aromatic rings. The molecule has 24 heavy (non-hydrogen) atoms. The first-order chi connectivity index (χ1) is 11.5. The molecule has 0 radical (unpaired) electrons. The van der Waals surface area contributed by atoms with E-state index in [-0.39, 0.29) is 18.4 Å². The molecule has 1 aromatic heterocycles. The fourth-order valence-corrected chi connectivity index (χ4v) is 4.70. The summed E-state index contributed by atoms with van der Waals surface area (Å²) in [5, 5.41) is 6.23. The van der Waals surface area contributed by atoms with E-state index in [1.165, 1.54) is 4.31 Å². The van der Waals surface area contributed by atoms with Crippen molar-refractivity contribution < 1.29 is 17.7 Å². The third-order valence-electron chi connectivity index (χ3n) is 3.98. The molecule has 0 bridgehead atoms. The van der Waals surface area contributed by atoms with E-state index in [1.807, 2.05) is 0 Å². The quantitative estimate of drug-likeness (QED) is 0.906. The van der Waals surface area contributed by atoms with Gasteiger partial charge in [0.1, 0.15) is 12.3 Å². The maximum absolute atomic E-state index is 12.9. The second-order valence-corrected chi connectivity index (χ2v) is 7.63. The highest BCUT2D eigenvalue weighted by Gasteiger charge is 2.47. The molecule has 1 aliphatic carbocycles. The lowest BCUT2D eigenvalue weighted by Crippen LogP contribution is -2.42. The standard InChI is InChI=1S/C15H16N4O4S/c1-10-8-14(17-23-10)16-15(20)9-18-12-4-2-3-5-13(12)19(11-6-7-11)24(18,21)22/h2-5,8,11H,6-7,9H2,1H3,(H,16,17,20). The van der Waals surface area contributed by atoms with Crippen LogP contribution in [-0.4, -0.2) is 32.1 Å². The molecule has 1 fully saturated rings. The Bertz CT molecular complexity index is 904. The molecular weight excluding hydrogens is 332 g/mol. The number of nitrogens with one attached hydrogen (secondary N) is 1. The van der Waals surface area contributed by atoms with E-state index in [2.05, 4.69) is 10.5 Å². The summed E-state index contributed by atoms with van der Waals surface area (Å²) >= 11 is 0. The lowest BCUT2D eigenvalue weighted by molar-refractivity contribution is -0.114. The average molecular weight is 348 g/mol. The van der Waals surface area contributed by atoms with E-state index in [9.17, 15) is 13.2 Å². The number of para-hydroxylation sites is 2. The van der Waals surface area contributed by atoms with Crippen LogP contribution in [-0.2, 0) is 15.0 Å². The summed E-state index contributed by atoms with van der Waals surface area (Å²) < 4.78 is 33.2. The van der Waals surface area contributed by atoms with Crippen LogP contribution in [0, 0.1) is 6.92 Å². The summed E-state index contributed by atoms with van der Waals surface area (Å²) in [6, 6.07) is 8.60. The summed E-state index contributed by atoms with van der Waals surface area (Å²) in [5.41, 5.74) is 1.15. The number of amides is 1. The van der Waals surface area contributed by atoms with Gasteiger partial charge >= 0.3 is 10.2 Å². The lowest BCUT2D eigenvalue weighted by Gasteiger charge is -2.20. The molecule has 2 heterocycles. The Labute approximate surface area is 139 Å². The first-order valence-electron chi connectivity index (χ1n) is 7.61. The Kier molecular flexibility index (Phi) is 3.27. The minimum atomic E-state index is -3.74. The SMILES string of the molecule is Cc1cc(NC(=O)CN2c3ccccc3N(C3CC3)S2(=O)=O)no1. The molecule has 0 unspecified atom stereocenters. The van der Waals surface area contributed by atoms with E-state index in [1.54, 1.807) is 37.3 Å². The molecule has 0 atom stereocenters. The minimum absolute atomic E-state index is 0.0117. The zero-order chi connectivity index (χ0) is 16.9. The van der Waals surface area contributed by atoms with Crippen LogP contribution in [0.4, 0.5) is 17.2 Å². The van der Waals surface area contributed by atoms with Crippen LogP contribution in [0.25, 0.3) is 0 Å². The second kappa shape index (κ2) is 5.23. The number of carbonyl (C=O) groups excluding carboxylic acids is 1. The monoisotopic (exact) mass is 348 g/mol. The first kappa shape index (κ1) is 15.0. The molecule has 1 amide bonds. The largest absolute Gasteiger partial charge is 0.360 e. The molecule has 1 N–H and O–H groups in total. The Hall–Kier alpha value is -2.55. The second-order valence-electron chi connectivity index (χ2n) is 5.90. The van der Waals surface area contributed by atoms with Gasteiger partial charge in [0.2, 0.25) is 5.91 Å². The van der Waals surface area contributed by atoms with Crippen LogP contribution in [0.5, 0.6) is 0 Å². The van der Waals surface area contributed by atoms with Gasteiger partial charge < -0.3 is 9.84 Å². The van der Waals surface area contributed by atoms with Gasteiger partial charge in [-0.1, -0.05) is 17.3 Å². The summed E-state index contributed by atoms with van der Waals surface area (Å²) in [7, 11) is -3.74. The molecule has 1 saturated carbocycles. The number of aryl methyl sites for hydroxylation is 1. The number of fused-ring (bicyclic) bond motifs is 1. The summed E-state index contributed by atoms with van der Waals surface area (Å²) in [5.74, 6) is 0.352. The number of aromatic nitrogens is 1. The van der Waals surface area contributed by atoms with Crippen molar-refractivity contribution >= 4 is 33.3 Å². The predicted molar refractivity (Wildman–Crippen MR) is 88.1 cm³/mol. The van der Waals surface area contributed by atoms with Crippen molar-refractivity contribution in [1.82, 2.24) is 5.16 Å². The van der Waals surface area contributed by atoms with Crippen molar-refractivity contribution in [3.63, 3.8) is 0 Å². The molecule has 126 valence electrons. The average Bonchev–Trinajstić information content (AvgIpc) is 3.23. The molecule has 8 nitrogen and oxygen atoms in total. The lowest BCUT2D eigenvalue weighted by atomic mass is 10.2. The van der Waals surface area contributed by atoms with Crippen LogP contribution in [0.15, 0.2) is 34.9 Å². The molecule has 0 spiro atoms. The van der Waals surface area contributed by atoms with E-state index >= 15 is 0 Å². The maximum atomic E-state index is 12.9. The number of hydrogen-bond donors (Lipinski definition) is 1. The van der Waals surface area contributed by atoms with Gasteiger partial charge in [0.25, 0.3) is 0 Å². The maximum Gasteiger partial charge on any atom is 0.327 e. The van der Waals surface area contributed by atoms with Crippen molar-refractivity contribution in [2.75, 3.05) is 20.5 Å². The van der Waals surface area contributed by atoms with Crippen molar-refractivity contribution in [3.8, 4) is 0 Å². The van der Waals surface area contributed by atoms with Crippen LogP contribution in [0.2, 0.25) is 0 Å². The van der Waals surface area contributed by atoms with Gasteiger partial charge in [-0.25, -0.2) is 8.61 Å². The Morgan fingerprint density at radius 1 is 1.33 bits per heavy atom. The van der Waals surface area contributed by atoms with Gasteiger partial charge in [0, 0.05) is 12.1 Å². The zero-order valence-electron chi connectivity index (χ0n) is 13.0. The van der Waals surface area contributed by atoms with Gasteiger partial charge in [-0.05, 0) is 31.9 Å². The molecule has 0 saturated heterocycles. The molecule has 1 aromatic carbocycles. The number of hydrogen-bond acceptors (Lipinski definition) is 5. The van der Waals surface area contributed by atoms with Crippen LogP contribution in [0.3, 0.4) is 0 Å². The molecule has 2 aliphatic rings. The van der Waals surface area contributed by atoms with Gasteiger partial charge in [-0.3, -0.25) is 4.79 Å². The fourth-order valence-electron chi connectivity index (χ4n) is 2.82. The van der Waals surface area contributed by atoms with Gasteiger partial charge in [0.15, 0.2) is 5.82 Å². The Morgan fingerprint density at radius 2 is 2.04 bits per heavy atom. The highest BCUT2D eigenvalue weighted by Crippen LogP contribution is 2.46. The van der Waals surface area contributed by atoms with Crippen molar-refractivity contribution in [1.29, 1.82) is 0 Å². The van der Waals surface area contributed by atoms with Crippen LogP contribution < -0.4 is 13.9 Å². The van der Waals surface area contributed by atoms with E-state index in [4.69, 9.17) is 4.52 Å². The van der Waals surface area contributed by atoms with Crippen LogP contribution >= 0.6 is 0 Å². The summed E-state index contributed by atoms with van der Waals surface area (Å²) in [4.78, 5) is 12.3. The van der Waals surface area contributed by atoms with Gasteiger partial charge in [-0.15, -0.1) is 0 Å². The third kappa shape index (κ3) is 2.41. The van der Waals surface area contributed by atoms with E-state index in [0.29, 0.717) is 17.1 Å². The number of nitrogens with zero attached hydrogens (tertiary/aromatic N) is 3. The molecule has 4 rings (SSSR count). The Balaban J connectivity index is 1.61. The Morgan fingerprint density at radius 3 is 2.67 bits per heavy atom. The van der Waals surface area contributed by atoms with E-state index < -0.39 is 16.1 Å². The number of rotatable bonds is 4. The number of carbonyl (C=O) groups is 1. The summed E-state index contributed by atoms with van der Waals surface area (Å²) in [6.07, 6.45) is 1.68. The summed E-state index contributed by atoms with van der Waals surface area (Å²) in [6.45, 7) is 1.39. The number of anilines is 3. The van der Waals surface area contributed by atoms with Crippen molar-refractivity contribution in [2.45, 2.75) is 25.8 Å². The number of benzene rings is 1. The van der Waals surface area contributed by atoms with Gasteiger partial charge in [-0.2, -0.15) is 8.42 Å². The zero-order valence-corrected chi connectivity index (χ0v) is 13.8. The molecule has 1 aliphatic heterocycles. The highest BCUT2D eigenvalue weighted by molar-refractivity contribution is 7.94. The van der Waals surface area contributed by atoms with E-state index in [0.717, 1.165) is 17.1 Å². The topological polar surface area (TPSA) is 95.8 Å². The molecule has 9 heteroatoms.